The summed E-state index contributed by atoms with van der Waals surface area (Å²) in [6.45, 7) is 0. The van der Waals surface area contributed by atoms with Crippen LogP contribution in [0.15, 0.2) is 59.1 Å². The maximum Gasteiger partial charge on any atom is 0.127 e. The van der Waals surface area contributed by atoms with Crippen LogP contribution in [-0.4, -0.2) is 10.1 Å². The van der Waals surface area contributed by atoms with E-state index in [0.29, 0.717) is 0 Å². The van der Waals surface area contributed by atoms with Crippen molar-refractivity contribution in [3.8, 4) is 17.0 Å². The van der Waals surface area contributed by atoms with Crippen LogP contribution in [-0.2, 0) is 0 Å². The number of pyridine rings is 1. The highest BCUT2D eigenvalue weighted by molar-refractivity contribution is 9.10. The SMILES string of the molecule is Oc1cc(-c2ccc(Br)cc2)nc2ccccc12. The van der Waals surface area contributed by atoms with Gasteiger partial charge in [0.1, 0.15) is 5.75 Å². The summed E-state index contributed by atoms with van der Waals surface area (Å²) in [6.07, 6.45) is 0. The predicted octanol–water partition coefficient (Wildman–Crippen LogP) is 4.37. The van der Waals surface area contributed by atoms with Gasteiger partial charge in [0.05, 0.1) is 11.2 Å². The van der Waals surface area contributed by atoms with Gasteiger partial charge in [-0.3, -0.25) is 0 Å². The van der Waals surface area contributed by atoms with Crippen LogP contribution in [0.5, 0.6) is 5.75 Å². The van der Waals surface area contributed by atoms with E-state index in [1.54, 1.807) is 6.07 Å². The molecule has 0 radical (unpaired) electrons. The second-order valence-corrected chi connectivity index (χ2v) is 4.97. The first kappa shape index (κ1) is 11.2. The molecule has 0 fully saturated rings. The minimum Gasteiger partial charge on any atom is -0.507 e. The monoisotopic (exact) mass is 299 g/mol. The second-order valence-electron chi connectivity index (χ2n) is 4.05. The molecule has 0 aliphatic rings. The van der Waals surface area contributed by atoms with Crippen LogP contribution in [0.2, 0.25) is 0 Å². The van der Waals surface area contributed by atoms with Gasteiger partial charge < -0.3 is 5.11 Å². The Bertz CT molecular complexity index is 707. The molecule has 0 aliphatic heterocycles. The van der Waals surface area contributed by atoms with E-state index in [1.807, 2.05) is 48.5 Å². The molecule has 2 nitrogen and oxygen atoms in total. The molecule has 1 aromatic heterocycles. The zero-order valence-electron chi connectivity index (χ0n) is 9.47. The lowest BCUT2D eigenvalue weighted by Gasteiger charge is -2.05. The molecule has 0 saturated heterocycles. The number of benzene rings is 2. The minimum absolute atomic E-state index is 0.263. The number of hydrogen-bond acceptors (Lipinski definition) is 2. The Labute approximate surface area is 113 Å². The molecule has 2 aromatic carbocycles. The normalized spacial score (nSPS) is 10.7. The van der Waals surface area contributed by atoms with Gasteiger partial charge in [-0.05, 0) is 24.3 Å². The quantitative estimate of drug-likeness (QED) is 0.724. The van der Waals surface area contributed by atoms with Gasteiger partial charge in [0.15, 0.2) is 0 Å². The summed E-state index contributed by atoms with van der Waals surface area (Å²) in [5.41, 5.74) is 2.56. The number of aromatic hydroxyl groups is 1. The Kier molecular flexibility index (Phi) is 2.76. The van der Waals surface area contributed by atoms with Crippen molar-refractivity contribution in [2.24, 2.45) is 0 Å². The molecule has 3 aromatic rings. The molecule has 0 amide bonds. The summed E-state index contributed by atoms with van der Waals surface area (Å²) in [5, 5.41) is 10.8. The van der Waals surface area contributed by atoms with Crippen molar-refractivity contribution in [2.75, 3.05) is 0 Å². The van der Waals surface area contributed by atoms with Gasteiger partial charge in [0.2, 0.25) is 0 Å². The highest BCUT2D eigenvalue weighted by Gasteiger charge is 2.05. The van der Waals surface area contributed by atoms with Crippen molar-refractivity contribution in [3.63, 3.8) is 0 Å². The molecule has 0 spiro atoms. The third kappa shape index (κ3) is 1.97. The van der Waals surface area contributed by atoms with Gasteiger partial charge >= 0.3 is 0 Å². The van der Waals surface area contributed by atoms with Crippen LogP contribution < -0.4 is 0 Å². The van der Waals surface area contributed by atoms with Crippen molar-refractivity contribution in [2.45, 2.75) is 0 Å². The lowest BCUT2D eigenvalue weighted by molar-refractivity contribution is 0.481. The van der Waals surface area contributed by atoms with E-state index in [4.69, 9.17) is 0 Å². The lowest BCUT2D eigenvalue weighted by Crippen LogP contribution is -1.86. The topological polar surface area (TPSA) is 33.1 Å². The first-order valence-electron chi connectivity index (χ1n) is 5.59. The Morgan fingerprint density at radius 2 is 1.67 bits per heavy atom. The summed E-state index contributed by atoms with van der Waals surface area (Å²) in [7, 11) is 0. The maximum atomic E-state index is 10.0. The highest BCUT2D eigenvalue weighted by Crippen LogP contribution is 2.29. The standard InChI is InChI=1S/C15H10BrNO/c16-11-7-5-10(6-8-11)14-9-15(18)12-3-1-2-4-13(12)17-14/h1-9H,(H,17,18). The Hall–Kier alpha value is -1.87. The average molecular weight is 300 g/mol. The van der Waals surface area contributed by atoms with E-state index >= 15 is 0 Å². The van der Waals surface area contributed by atoms with E-state index in [1.165, 1.54) is 0 Å². The molecule has 0 aliphatic carbocycles. The number of hydrogen-bond donors (Lipinski definition) is 1. The average Bonchev–Trinajstić information content (AvgIpc) is 2.39. The smallest absolute Gasteiger partial charge is 0.127 e. The largest absolute Gasteiger partial charge is 0.507 e. The molecular weight excluding hydrogens is 290 g/mol. The number of fused-ring (bicyclic) bond motifs is 1. The van der Waals surface area contributed by atoms with Crippen LogP contribution in [0.4, 0.5) is 0 Å². The highest BCUT2D eigenvalue weighted by atomic mass is 79.9. The summed E-state index contributed by atoms with van der Waals surface area (Å²) < 4.78 is 1.02. The minimum atomic E-state index is 0.263. The van der Waals surface area contributed by atoms with Crippen molar-refractivity contribution in [1.82, 2.24) is 4.98 Å². The zero-order valence-corrected chi connectivity index (χ0v) is 11.1. The first-order chi connectivity index (χ1) is 8.74. The van der Waals surface area contributed by atoms with Gasteiger partial charge in [-0.15, -0.1) is 0 Å². The van der Waals surface area contributed by atoms with Crippen LogP contribution in [0, 0.1) is 0 Å². The van der Waals surface area contributed by atoms with Gasteiger partial charge in [-0.1, -0.05) is 40.2 Å². The number of para-hydroxylation sites is 1. The molecule has 18 heavy (non-hydrogen) atoms. The van der Waals surface area contributed by atoms with Crippen LogP contribution in [0.25, 0.3) is 22.2 Å². The van der Waals surface area contributed by atoms with Crippen LogP contribution in [0.3, 0.4) is 0 Å². The number of nitrogens with zero attached hydrogens (tertiary/aromatic N) is 1. The molecule has 0 saturated carbocycles. The van der Waals surface area contributed by atoms with E-state index < -0.39 is 0 Å². The first-order valence-corrected chi connectivity index (χ1v) is 6.38. The summed E-state index contributed by atoms with van der Waals surface area (Å²) >= 11 is 3.40. The van der Waals surface area contributed by atoms with Crippen molar-refractivity contribution in [1.29, 1.82) is 0 Å². The third-order valence-electron chi connectivity index (χ3n) is 2.83. The molecule has 1 N–H and O–H groups in total. The fraction of sp³-hybridized carbons (Fsp3) is 0. The molecule has 0 unspecified atom stereocenters. The third-order valence-corrected chi connectivity index (χ3v) is 3.36. The maximum absolute atomic E-state index is 10.0. The Morgan fingerprint density at radius 1 is 0.944 bits per heavy atom. The van der Waals surface area contributed by atoms with Gasteiger partial charge in [0.25, 0.3) is 0 Å². The van der Waals surface area contributed by atoms with E-state index in [0.717, 1.165) is 26.6 Å². The number of halogens is 1. The van der Waals surface area contributed by atoms with Crippen molar-refractivity contribution < 1.29 is 5.11 Å². The van der Waals surface area contributed by atoms with Crippen LogP contribution in [0.1, 0.15) is 0 Å². The second kappa shape index (κ2) is 4.42. The Balaban J connectivity index is 2.21. The molecular formula is C15H10BrNO. The van der Waals surface area contributed by atoms with Gasteiger partial charge in [-0.2, -0.15) is 0 Å². The molecule has 0 bridgehead atoms. The van der Waals surface area contributed by atoms with Crippen molar-refractivity contribution in [3.05, 3.63) is 59.1 Å². The van der Waals surface area contributed by atoms with Gasteiger partial charge in [0, 0.05) is 21.5 Å². The fourth-order valence-electron chi connectivity index (χ4n) is 1.93. The van der Waals surface area contributed by atoms with E-state index in [9.17, 15) is 5.11 Å². The molecule has 1 heterocycles. The summed E-state index contributed by atoms with van der Waals surface area (Å²) in [4.78, 5) is 4.56. The van der Waals surface area contributed by atoms with Crippen molar-refractivity contribution >= 4 is 26.8 Å². The van der Waals surface area contributed by atoms with E-state index in [-0.39, 0.29) is 5.75 Å². The molecule has 88 valence electrons. The molecule has 3 rings (SSSR count). The molecule has 3 heteroatoms. The predicted molar refractivity (Wildman–Crippen MR) is 76.5 cm³/mol. The zero-order chi connectivity index (χ0) is 12.5. The lowest BCUT2D eigenvalue weighted by atomic mass is 10.1. The molecule has 0 atom stereocenters. The van der Waals surface area contributed by atoms with E-state index in [2.05, 4.69) is 20.9 Å². The van der Waals surface area contributed by atoms with Gasteiger partial charge in [-0.25, -0.2) is 4.98 Å². The Morgan fingerprint density at radius 3 is 2.44 bits per heavy atom. The summed E-state index contributed by atoms with van der Waals surface area (Å²) in [5.74, 6) is 0.263. The number of aromatic nitrogens is 1. The van der Waals surface area contributed by atoms with Crippen LogP contribution >= 0.6 is 15.9 Å². The summed E-state index contributed by atoms with van der Waals surface area (Å²) in [6, 6.07) is 17.1. The fourth-order valence-corrected chi connectivity index (χ4v) is 2.19. The number of rotatable bonds is 1.